The van der Waals surface area contributed by atoms with Crippen molar-refractivity contribution in [1.29, 1.82) is 0 Å². The van der Waals surface area contributed by atoms with Gasteiger partial charge in [-0.2, -0.15) is 0 Å². The number of carbonyl (C=O) groups excluding carboxylic acids is 3. The summed E-state index contributed by atoms with van der Waals surface area (Å²) in [5, 5.41) is -0.447. The number of imide groups is 1. The summed E-state index contributed by atoms with van der Waals surface area (Å²) >= 11 is 0.864. The summed E-state index contributed by atoms with van der Waals surface area (Å²) in [5.74, 6) is -0.636. The van der Waals surface area contributed by atoms with E-state index in [2.05, 4.69) is 44.7 Å². The molecule has 1 aromatic carbocycles. The van der Waals surface area contributed by atoms with Gasteiger partial charge in [0.25, 0.3) is 11.1 Å². The van der Waals surface area contributed by atoms with Crippen molar-refractivity contribution >= 4 is 40.6 Å². The van der Waals surface area contributed by atoms with Crippen molar-refractivity contribution in [3.05, 3.63) is 34.2 Å². The summed E-state index contributed by atoms with van der Waals surface area (Å²) in [7, 11) is 0. The highest BCUT2D eigenvalue weighted by Crippen LogP contribution is 2.44. The Morgan fingerprint density at radius 3 is 2.67 bits per heavy atom. The van der Waals surface area contributed by atoms with Crippen LogP contribution < -0.4 is 4.90 Å². The molecule has 7 heteroatoms. The summed E-state index contributed by atoms with van der Waals surface area (Å²) in [5.41, 5.74) is 3.45. The lowest BCUT2D eigenvalue weighted by Crippen LogP contribution is -2.48. The molecular weight excluding hydrogens is 400 g/mol. The van der Waals surface area contributed by atoms with Gasteiger partial charge in [-0.25, -0.2) is 4.79 Å². The maximum Gasteiger partial charge on any atom is 0.329 e. The minimum Gasteiger partial charge on any atom is -0.464 e. The van der Waals surface area contributed by atoms with Crippen LogP contribution in [0.5, 0.6) is 0 Å². The topological polar surface area (TPSA) is 66.9 Å². The molecular formula is C23H30N2O4S. The number of hydrogen-bond acceptors (Lipinski definition) is 6. The van der Waals surface area contributed by atoms with Gasteiger partial charge in [0, 0.05) is 17.8 Å². The number of fused-ring (bicyclic) bond motifs is 1. The number of carbonyl (C=O) groups is 3. The van der Waals surface area contributed by atoms with E-state index >= 15 is 0 Å². The third kappa shape index (κ3) is 4.00. The first kappa shape index (κ1) is 22.4. The molecule has 162 valence electrons. The van der Waals surface area contributed by atoms with Crippen molar-refractivity contribution in [3.8, 4) is 0 Å². The van der Waals surface area contributed by atoms with Gasteiger partial charge in [-0.1, -0.05) is 13.0 Å². The van der Waals surface area contributed by atoms with Gasteiger partial charge < -0.3 is 9.64 Å². The Morgan fingerprint density at radius 1 is 1.33 bits per heavy atom. The Balaban J connectivity index is 1.90. The Labute approximate surface area is 182 Å². The second kappa shape index (κ2) is 8.46. The number of anilines is 1. The molecule has 0 unspecified atom stereocenters. The molecule has 0 aromatic heterocycles. The second-order valence-electron chi connectivity index (χ2n) is 8.46. The van der Waals surface area contributed by atoms with E-state index in [1.54, 1.807) is 13.0 Å². The fourth-order valence-corrected chi connectivity index (χ4v) is 5.44. The van der Waals surface area contributed by atoms with Gasteiger partial charge in [0.05, 0.1) is 11.5 Å². The van der Waals surface area contributed by atoms with Crippen LogP contribution in [-0.4, -0.2) is 46.7 Å². The first-order chi connectivity index (χ1) is 14.1. The highest BCUT2D eigenvalue weighted by atomic mass is 32.2. The number of ether oxygens (including phenoxy) is 1. The van der Waals surface area contributed by atoms with Crippen molar-refractivity contribution in [2.45, 2.75) is 65.5 Å². The van der Waals surface area contributed by atoms with Crippen LogP contribution in [0.15, 0.2) is 23.1 Å². The molecule has 2 amide bonds. The van der Waals surface area contributed by atoms with E-state index in [4.69, 9.17) is 4.74 Å². The number of amides is 2. The monoisotopic (exact) mass is 430 g/mol. The van der Waals surface area contributed by atoms with E-state index in [0.29, 0.717) is 10.8 Å². The van der Waals surface area contributed by atoms with Gasteiger partial charge in [-0.15, -0.1) is 0 Å². The average Bonchev–Trinajstić information content (AvgIpc) is 2.94. The molecule has 2 heterocycles. The first-order valence-corrected chi connectivity index (χ1v) is 11.3. The van der Waals surface area contributed by atoms with Crippen LogP contribution in [0.4, 0.5) is 10.5 Å². The third-order valence-corrected chi connectivity index (χ3v) is 6.75. The fourth-order valence-electron chi connectivity index (χ4n) is 4.53. The highest BCUT2D eigenvalue weighted by Gasteiger charge is 2.41. The van der Waals surface area contributed by atoms with Gasteiger partial charge in [-0.05, 0) is 88.1 Å². The maximum atomic E-state index is 12.8. The SMILES string of the molecule is CCOC(=O)[C@@H](C)N1C(=O)S/C(=C/c2ccc3c(c2)[C@H](C)CC(C)(C)N3CC)C1=O. The molecule has 30 heavy (non-hydrogen) atoms. The van der Waals surface area contributed by atoms with Gasteiger partial charge in [-0.3, -0.25) is 14.5 Å². The molecule has 0 aliphatic carbocycles. The molecule has 0 saturated carbocycles. The number of nitrogens with zero attached hydrogens (tertiary/aromatic N) is 2. The van der Waals surface area contributed by atoms with Crippen LogP contribution in [-0.2, 0) is 14.3 Å². The van der Waals surface area contributed by atoms with Crippen LogP contribution in [0.2, 0.25) is 0 Å². The standard InChI is InChI=1S/C23H30N2O4S/c1-7-24-18-10-9-16(11-17(18)14(3)13-23(24,5)6)12-19-20(26)25(22(28)30-19)15(4)21(27)29-8-2/h9-12,14-15H,7-8,13H2,1-6H3/b19-12+/t14-,15-/m1/s1. The zero-order valence-corrected chi connectivity index (χ0v) is 19.3. The molecule has 0 radical (unpaired) electrons. The van der Waals surface area contributed by atoms with Crippen LogP contribution in [0, 0.1) is 0 Å². The summed E-state index contributed by atoms with van der Waals surface area (Å²) < 4.78 is 4.96. The Morgan fingerprint density at radius 2 is 2.03 bits per heavy atom. The lowest BCUT2D eigenvalue weighted by molar-refractivity contribution is -0.150. The molecule has 1 fully saturated rings. The largest absolute Gasteiger partial charge is 0.464 e. The summed E-state index contributed by atoms with van der Waals surface area (Å²) in [6.45, 7) is 13.3. The average molecular weight is 431 g/mol. The fraction of sp³-hybridized carbons (Fsp3) is 0.522. The number of hydrogen-bond donors (Lipinski definition) is 0. The van der Waals surface area contributed by atoms with Gasteiger partial charge >= 0.3 is 5.97 Å². The van der Waals surface area contributed by atoms with Crippen LogP contribution in [0.25, 0.3) is 6.08 Å². The minimum absolute atomic E-state index is 0.0918. The van der Waals surface area contributed by atoms with Crippen molar-refractivity contribution < 1.29 is 19.1 Å². The van der Waals surface area contributed by atoms with Crippen molar-refractivity contribution in [1.82, 2.24) is 4.90 Å². The van der Waals surface area contributed by atoms with Crippen LogP contribution >= 0.6 is 11.8 Å². The van der Waals surface area contributed by atoms with E-state index in [1.807, 2.05) is 6.07 Å². The Kier molecular flexibility index (Phi) is 6.32. The summed E-state index contributed by atoms with van der Waals surface area (Å²) in [6.07, 6.45) is 2.79. The molecule has 0 bridgehead atoms. The second-order valence-corrected chi connectivity index (χ2v) is 9.45. The number of esters is 1. The van der Waals surface area contributed by atoms with Gasteiger partial charge in [0.15, 0.2) is 0 Å². The molecule has 2 aliphatic heterocycles. The molecule has 6 nitrogen and oxygen atoms in total. The summed E-state index contributed by atoms with van der Waals surface area (Å²) in [4.78, 5) is 40.9. The van der Waals surface area contributed by atoms with E-state index in [1.165, 1.54) is 18.2 Å². The number of thioether (sulfide) groups is 1. The molecule has 1 aromatic rings. The maximum absolute atomic E-state index is 12.8. The van der Waals surface area contributed by atoms with Crippen molar-refractivity contribution in [2.24, 2.45) is 0 Å². The molecule has 2 aliphatic rings. The summed E-state index contributed by atoms with van der Waals surface area (Å²) in [6, 6.07) is 5.26. The minimum atomic E-state index is -0.938. The lowest BCUT2D eigenvalue weighted by atomic mass is 9.79. The van der Waals surface area contributed by atoms with Crippen LogP contribution in [0.1, 0.15) is 65.0 Å². The molecule has 1 saturated heterocycles. The zero-order valence-electron chi connectivity index (χ0n) is 18.5. The predicted octanol–water partition coefficient (Wildman–Crippen LogP) is 4.79. The Hall–Kier alpha value is -2.28. The smallest absolute Gasteiger partial charge is 0.329 e. The quantitative estimate of drug-likeness (QED) is 0.494. The van der Waals surface area contributed by atoms with Crippen LogP contribution in [0.3, 0.4) is 0 Å². The van der Waals surface area contributed by atoms with E-state index in [9.17, 15) is 14.4 Å². The highest BCUT2D eigenvalue weighted by molar-refractivity contribution is 8.18. The van der Waals surface area contributed by atoms with E-state index in [0.717, 1.165) is 35.2 Å². The van der Waals surface area contributed by atoms with E-state index < -0.39 is 23.2 Å². The van der Waals surface area contributed by atoms with Gasteiger partial charge in [0.1, 0.15) is 6.04 Å². The lowest BCUT2D eigenvalue weighted by Gasteiger charge is -2.47. The molecule has 3 rings (SSSR count). The van der Waals surface area contributed by atoms with E-state index in [-0.39, 0.29) is 12.1 Å². The van der Waals surface area contributed by atoms with Crippen molar-refractivity contribution in [3.63, 3.8) is 0 Å². The molecule has 2 atom stereocenters. The van der Waals surface area contributed by atoms with Crippen molar-refractivity contribution in [2.75, 3.05) is 18.1 Å². The molecule has 0 spiro atoms. The third-order valence-electron chi connectivity index (χ3n) is 5.86. The first-order valence-electron chi connectivity index (χ1n) is 10.5. The Bertz CT molecular complexity index is 908. The van der Waals surface area contributed by atoms with Gasteiger partial charge in [0.2, 0.25) is 0 Å². The number of rotatable bonds is 5. The zero-order chi connectivity index (χ0) is 22.2. The predicted molar refractivity (Wildman–Crippen MR) is 120 cm³/mol. The normalized spacial score (nSPS) is 23.0. The molecule has 0 N–H and O–H groups in total. The number of benzene rings is 1.